The van der Waals surface area contributed by atoms with Crippen LogP contribution in [0.1, 0.15) is 36.5 Å². The van der Waals surface area contributed by atoms with Gasteiger partial charge in [0.2, 0.25) is 5.91 Å². The Morgan fingerprint density at radius 2 is 1.85 bits per heavy atom. The highest BCUT2D eigenvalue weighted by molar-refractivity contribution is 6.03. The van der Waals surface area contributed by atoms with Crippen LogP contribution in [0, 0.1) is 0 Å². The summed E-state index contributed by atoms with van der Waals surface area (Å²) < 4.78 is 4.71. The van der Waals surface area contributed by atoms with Gasteiger partial charge >= 0.3 is 0 Å². The molecule has 0 heterocycles. The van der Waals surface area contributed by atoms with Crippen molar-refractivity contribution in [3.8, 4) is 0 Å². The van der Waals surface area contributed by atoms with Crippen LogP contribution in [0.15, 0.2) is 24.3 Å². The minimum absolute atomic E-state index is 0.0237. The topological polar surface area (TPSA) is 72.5 Å². The summed E-state index contributed by atoms with van der Waals surface area (Å²) in [5.74, 6) is -0.329. The van der Waals surface area contributed by atoms with Crippen molar-refractivity contribution in [2.75, 3.05) is 19.0 Å². The lowest BCUT2D eigenvalue weighted by Gasteiger charge is -2.08. The molecule has 108 valence electrons. The van der Waals surface area contributed by atoms with Gasteiger partial charge in [-0.1, -0.05) is 12.1 Å². The van der Waals surface area contributed by atoms with Gasteiger partial charge in [-0.15, -0.1) is 0 Å². The van der Waals surface area contributed by atoms with Gasteiger partial charge < -0.3 is 10.1 Å². The van der Waals surface area contributed by atoms with Gasteiger partial charge in [0, 0.05) is 25.5 Å². The number of Topliss-reactive ketones (excluding diaryl/α,β-unsaturated/α-hetero) is 2. The van der Waals surface area contributed by atoms with E-state index in [9.17, 15) is 14.4 Å². The van der Waals surface area contributed by atoms with E-state index in [-0.39, 0.29) is 30.5 Å². The number of amides is 1. The molecule has 1 aromatic carbocycles. The zero-order valence-corrected chi connectivity index (χ0v) is 11.8. The number of hydrogen-bond acceptors (Lipinski definition) is 4. The first-order valence-electron chi connectivity index (χ1n) is 6.45. The smallest absolute Gasteiger partial charge is 0.224 e. The maximum absolute atomic E-state index is 11.8. The molecule has 5 nitrogen and oxygen atoms in total. The van der Waals surface area contributed by atoms with Crippen LogP contribution in [0.2, 0.25) is 0 Å². The van der Waals surface area contributed by atoms with Crippen molar-refractivity contribution in [2.24, 2.45) is 0 Å². The number of benzene rings is 1. The van der Waals surface area contributed by atoms with Gasteiger partial charge in [-0.3, -0.25) is 14.4 Å². The van der Waals surface area contributed by atoms with Gasteiger partial charge in [-0.2, -0.15) is 0 Å². The molecule has 0 radical (unpaired) electrons. The third-order valence-corrected chi connectivity index (χ3v) is 2.75. The molecular formula is C15H19NO4. The quantitative estimate of drug-likeness (QED) is 0.739. The second kappa shape index (κ2) is 8.22. The van der Waals surface area contributed by atoms with E-state index in [1.54, 1.807) is 24.3 Å². The first-order chi connectivity index (χ1) is 9.54. The van der Waals surface area contributed by atoms with E-state index >= 15 is 0 Å². The lowest BCUT2D eigenvalue weighted by atomic mass is 10.1. The van der Waals surface area contributed by atoms with Crippen LogP contribution in [0.4, 0.5) is 5.69 Å². The summed E-state index contributed by atoms with van der Waals surface area (Å²) in [6, 6.07) is 6.85. The second-order valence-corrected chi connectivity index (χ2v) is 4.48. The predicted octanol–water partition coefficient (Wildman–Crippen LogP) is 2.21. The van der Waals surface area contributed by atoms with Gasteiger partial charge in [0.15, 0.2) is 11.6 Å². The molecule has 0 aromatic heterocycles. The summed E-state index contributed by atoms with van der Waals surface area (Å²) in [5, 5.41) is 2.70. The van der Waals surface area contributed by atoms with Gasteiger partial charge in [-0.25, -0.2) is 0 Å². The summed E-state index contributed by atoms with van der Waals surface area (Å²) >= 11 is 0. The van der Waals surface area contributed by atoms with Crippen LogP contribution in [-0.2, 0) is 14.3 Å². The maximum Gasteiger partial charge on any atom is 0.224 e. The minimum atomic E-state index is -0.205. The SMILES string of the molecule is COCC(=O)CCCC(=O)Nc1ccccc1C(C)=O. The van der Waals surface area contributed by atoms with Gasteiger partial charge in [0.05, 0.1) is 5.69 Å². The van der Waals surface area contributed by atoms with Crippen LogP contribution in [0.3, 0.4) is 0 Å². The highest BCUT2D eigenvalue weighted by Crippen LogP contribution is 2.16. The van der Waals surface area contributed by atoms with Crippen molar-refractivity contribution in [3.63, 3.8) is 0 Å². The minimum Gasteiger partial charge on any atom is -0.377 e. The molecule has 5 heteroatoms. The van der Waals surface area contributed by atoms with Gasteiger partial charge in [0.25, 0.3) is 0 Å². The van der Waals surface area contributed by atoms with Crippen LogP contribution >= 0.6 is 0 Å². The first kappa shape index (κ1) is 16.0. The molecule has 0 aliphatic carbocycles. The summed E-state index contributed by atoms with van der Waals surface area (Å²) in [7, 11) is 1.46. The Kier molecular flexibility index (Phi) is 6.59. The van der Waals surface area contributed by atoms with E-state index in [1.165, 1.54) is 14.0 Å². The van der Waals surface area contributed by atoms with Crippen LogP contribution in [0.25, 0.3) is 0 Å². The number of para-hydroxylation sites is 1. The number of anilines is 1. The Bertz CT molecular complexity index is 496. The largest absolute Gasteiger partial charge is 0.377 e. The zero-order chi connectivity index (χ0) is 15.0. The summed E-state index contributed by atoms with van der Waals surface area (Å²) in [4.78, 5) is 34.4. The molecule has 0 aliphatic heterocycles. The van der Waals surface area contributed by atoms with Crippen molar-refractivity contribution in [2.45, 2.75) is 26.2 Å². The second-order valence-electron chi connectivity index (χ2n) is 4.48. The molecule has 1 amide bonds. The lowest BCUT2D eigenvalue weighted by Crippen LogP contribution is -2.15. The molecule has 0 saturated heterocycles. The molecule has 1 rings (SSSR count). The molecular weight excluding hydrogens is 258 g/mol. The van der Waals surface area contributed by atoms with Gasteiger partial charge in [-0.05, 0) is 25.5 Å². The molecule has 1 N–H and O–H groups in total. The van der Waals surface area contributed by atoms with Crippen molar-refractivity contribution in [1.29, 1.82) is 0 Å². The Labute approximate surface area is 118 Å². The fourth-order valence-electron chi connectivity index (χ4n) is 1.79. The molecule has 0 saturated carbocycles. The number of hydrogen-bond donors (Lipinski definition) is 1. The fourth-order valence-corrected chi connectivity index (χ4v) is 1.79. The molecule has 0 fully saturated rings. The van der Waals surface area contributed by atoms with E-state index in [0.717, 1.165) is 0 Å². The standard InChI is InChI=1S/C15H19NO4/c1-11(17)13-7-3-4-8-14(13)16-15(19)9-5-6-12(18)10-20-2/h3-4,7-8H,5-6,9-10H2,1-2H3,(H,16,19). The van der Waals surface area contributed by atoms with E-state index in [2.05, 4.69) is 5.32 Å². The van der Waals surface area contributed by atoms with Crippen molar-refractivity contribution in [3.05, 3.63) is 29.8 Å². The number of rotatable bonds is 8. The predicted molar refractivity (Wildman–Crippen MR) is 75.8 cm³/mol. The molecule has 1 aromatic rings. The number of nitrogens with one attached hydrogen (secondary N) is 1. The highest BCUT2D eigenvalue weighted by Gasteiger charge is 2.10. The maximum atomic E-state index is 11.8. The third-order valence-electron chi connectivity index (χ3n) is 2.75. The Morgan fingerprint density at radius 3 is 2.50 bits per heavy atom. The first-order valence-corrected chi connectivity index (χ1v) is 6.45. The van der Waals surface area contributed by atoms with Crippen molar-refractivity contribution in [1.82, 2.24) is 0 Å². The molecule has 20 heavy (non-hydrogen) atoms. The number of ether oxygens (including phenoxy) is 1. The van der Waals surface area contributed by atoms with E-state index < -0.39 is 0 Å². The van der Waals surface area contributed by atoms with Crippen molar-refractivity contribution < 1.29 is 19.1 Å². The lowest BCUT2D eigenvalue weighted by molar-refractivity contribution is -0.122. The van der Waals surface area contributed by atoms with Crippen molar-refractivity contribution >= 4 is 23.2 Å². The Morgan fingerprint density at radius 1 is 1.15 bits per heavy atom. The molecule has 0 unspecified atom stereocenters. The highest BCUT2D eigenvalue weighted by atomic mass is 16.5. The number of ketones is 2. The Hall–Kier alpha value is -2.01. The van der Waals surface area contributed by atoms with Gasteiger partial charge in [0.1, 0.15) is 6.61 Å². The summed E-state index contributed by atoms with van der Waals surface area (Å²) in [5.41, 5.74) is 0.990. The van der Waals surface area contributed by atoms with E-state index in [1.807, 2.05) is 0 Å². The van der Waals surface area contributed by atoms with Crippen LogP contribution in [0.5, 0.6) is 0 Å². The number of carbonyl (C=O) groups is 3. The molecule has 0 bridgehead atoms. The zero-order valence-electron chi connectivity index (χ0n) is 11.8. The number of carbonyl (C=O) groups excluding carboxylic acids is 3. The normalized spacial score (nSPS) is 10.1. The summed E-state index contributed by atoms with van der Waals surface area (Å²) in [6.45, 7) is 1.53. The van der Waals surface area contributed by atoms with Crippen LogP contribution in [-0.4, -0.2) is 31.2 Å². The average Bonchev–Trinajstić information content (AvgIpc) is 2.39. The van der Waals surface area contributed by atoms with E-state index in [4.69, 9.17) is 4.74 Å². The molecule has 0 atom stereocenters. The molecule has 0 aliphatic rings. The molecule has 0 spiro atoms. The number of methoxy groups -OCH3 is 1. The average molecular weight is 277 g/mol. The summed E-state index contributed by atoms with van der Waals surface area (Å²) in [6.07, 6.45) is 1.02. The Balaban J connectivity index is 2.47. The van der Waals surface area contributed by atoms with Crippen LogP contribution < -0.4 is 5.32 Å². The van der Waals surface area contributed by atoms with E-state index in [0.29, 0.717) is 24.1 Å². The third kappa shape index (κ3) is 5.32. The monoisotopic (exact) mass is 277 g/mol. The fraction of sp³-hybridized carbons (Fsp3) is 0.400.